The number of nitrogens with one attached hydrogen (secondary N) is 2. The van der Waals surface area contributed by atoms with Crippen molar-refractivity contribution in [3.63, 3.8) is 0 Å². The molecular formula is C11H22N4S. The fraction of sp³-hybridized carbons (Fsp3) is 0.818. The topological polar surface area (TPSA) is 53.6 Å². The van der Waals surface area contributed by atoms with Crippen molar-refractivity contribution in [2.75, 3.05) is 12.3 Å². The van der Waals surface area contributed by atoms with Crippen LogP contribution in [0.1, 0.15) is 33.6 Å². The Balaban J connectivity index is 1.98. The highest BCUT2D eigenvalue weighted by molar-refractivity contribution is 7.99. The van der Waals surface area contributed by atoms with Crippen molar-refractivity contribution >= 4 is 11.8 Å². The second-order valence-electron chi connectivity index (χ2n) is 4.47. The number of nitrogens with zero attached hydrogens (tertiary/aromatic N) is 2. The van der Waals surface area contributed by atoms with Gasteiger partial charge in [0, 0.05) is 18.3 Å². The van der Waals surface area contributed by atoms with E-state index in [4.69, 9.17) is 0 Å². The Bertz CT molecular complexity index is 261. The third-order valence-electron chi connectivity index (χ3n) is 2.40. The van der Waals surface area contributed by atoms with Crippen LogP contribution in [0.4, 0.5) is 0 Å². The molecular weight excluding hydrogens is 220 g/mol. The van der Waals surface area contributed by atoms with Crippen LogP contribution in [0.25, 0.3) is 0 Å². The Morgan fingerprint density at radius 1 is 1.38 bits per heavy atom. The number of aromatic nitrogens is 3. The molecule has 0 saturated heterocycles. The first-order chi connectivity index (χ1) is 7.68. The third-order valence-corrected chi connectivity index (χ3v) is 3.28. The monoisotopic (exact) mass is 242 g/mol. The summed E-state index contributed by atoms with van der Waals surface area (Å²) in [6, 6.07) is 0.609. The largest absolute Gasteiger partial charge is 0.313 e. The fourth-order valence-corrected chi connectivity index (χ4v) is 2.05. The highest BCUT2D eigenvalue weighted by Crippen LogP contribution is 2.10. The van der Waals surface area contributed by atoms with Gasteiger partial charge >= 0.3 is 0 Å². The van der Waals surface area contributed by atoms with Crippen molar-refractivity contribution < 1.29 is 0 Å². The van der Waals surface area contributed by atoms with Crippen molar-refractivity contribution in [1.82, 2.24) is 20.5 Å². The Hall–Kier alpha value is -0.550. The number of hydrogen-bond donors (Lipinski definition) is 2. The average Bonchev–Trinajstić information content (AvgIpc) is 2.74. The molecule has 0 bridgehead atoms. The summed E-state index contributed by atoms with van der Waals surface area (Å²) in [5.74, 6) is 1.83. The molecule has 0 saturated carbocycles. The van der Waals surface area contributed by atoms with Crippen LogP contribution in [-0.2, 0) is 0 Å². The molecule has 0 aliphatic heterocycles. The number of aromatic amines is 1. The van der Waals surface area contributed by atoms with Crippen molar-refractivity contribution in [3.8, 4) is 0 Å². The van der Waals surface area contributed by atoms with E-state index in [9.17, 15) is 0 Å². The van der Waals surface area contributed by atoms with Crippen molar-refractivity contribution in [2.45, 2.75) is 44.8 Å². The van der Waals surface area contributed by atoms with Gasteiger partial charge in [-0.2, -0.15) is 5.10 Å². The molecule has 1 aromatic heterocycles. The SMILES string of the molecule is CC(C)CCC(C)NCCSc1ncn[nH]1. The zero-order chi connectivity index (χ0) is 11.8. The average molecular weight is 242 g/mol. The molecule has 0 fully saturated rings. The van der Waals surface area contributed by atoms with E-state index in [1.807, 2.05) is 0 Å². The molecule has 1 rings (SSSR count). The van der Waals surface area contributed by atoms with Crippen molar-refractivity contribution in [1.29, 1.82) is 0 Å². The second-order valence-corrected chi connectivity index (χ2v) is 5.55. The van der Waals surface area contributed by atoms with Gasteiger partial charge < -0.3 is 5.32 Å². The summed E-state index contributed by atoms with van der Waals surface area (Å²) in [5, 5.41) is 11.1. The summed E-state index contributed by atoms with van der Waals surface area (Å²) < 4.78 is 0. The number of thioether (sulfide) groups is 1. The third kappa shape index (κ3) is 6.12. The zero-order valence-electron chi connectivity index (χ0n) is 10.4. The minimum atomic E-state index is 0.609. The van der Waals surface area contributed by atoms with Crippen LogP contribution in [0.2, 0.25) is 0 Å². The Kier molecular flexibility index (Phi) is 6.49. The Morgan fingerprint density at radius 2 is 2.19 bits per heavy atom. The highest BCUT2D eigenvalue weighted by Gasteiger charge is 2.03. The minimum Gasteiger partial charge on any atom is -0.313 e. The summed E-state index contributed by atoms with van der Waals surface area (Å²) in [7, 11) is 0. The molecule has 16 heavy (non-hydrogen) atoms. The van der Waals surface area contributed by atoms with E-state index < -0.39 is 0 Å². The van der Waals surface area contributed by atoms with Gasteiger partial charge in [0.1, 0.15) is 6.33 Å². The van der Waals surface area contributed by atoms with E-state index in [0.717, 1.165) is 23.4 Å². The van der Waals surface area contributed by atoms with Crippen LogP contribution in [0.5, 0.6) is 0 Å². The summed E-state index contributed by atoms with van der Waals surface area (Å²) >= 11 is 1.70. The van der Waals surface area contributed by atoms with E-state index >= 15 is 0 Å². The molecule has 1 unspecified atom stereocenters. The first kappa shape index (κ1) is 13.5. The Morgan fingerprint density at radius 3 is 2.81 bits per heavy atom. The summed E-state index contributed by atoms with van der Waals surface area (Å²) in [5.41, 5.74) is 0. The highest BCUT2D eigenvalue weighted by atomic mass is 32.2. The van der Waals surface area contributed by atoms with Gasteiger partial charge in [0.15, 0.2) is 5.16 Å². The number of rotatable bonds is 8. The van der Waals surface area contributed by atoms with E-state index in [2.05, 4.69) is 41.3 Å². The fourth-order valence-electron chi connectivity index (χ4n) is 1.40. The van der Waals surface area contributed by atoms with Crippen LogP contribution in [-0.4, -0.2) is 33.5 Å². The molecule has 5 heteroatoms. The minimum absolute atomic E-state index is 0.609. The predicted octanol–water partition coefficient (Wildman–Crippen LogP) is 2.31. The quantitative estimate of drug-likeness (QED) is 0.542. The molecule has 0 aliphatic carbocycles. The van der Waals surface area contributed by atoms with E-state index in [1.54, 1.807) is 18.1 Å². The van der Waals surface area contributed by atoms with Crippen LogP contribution >= 0.6 is 11.8 Å². The molecule has 1 heterocycles. The number of hydrogen-bond acceptors (Lipinski definition) is 4. The van der Waals surface area contributed by atoms with Gasteiger partial charge in [0.25, 0.3) is 0 Å². The maximum atomic E-state index is 4.06. The van der Waals surface area contributed by atoms with Gasteiger partial charge in [-0.25, -0.2) is 4.98 Å². The lowest BCUT2D eigenvalue weighted by Crippen LogP contribution is -2.28. The van der Waals surface area contributed by atoms with Crippen LogP contribution < -0.4 is 5.32 Å². The summed E-state index contributed by atoms with van der Waals surface area (Å²) in [6.45, 7) is 7.81. The number of H-pyrrole nitrogens is 1. The molecule has 92 valence electrons. The van der Waals surface area contributed by atoms with E-state index in [-0.39, 0.29) is 0 Å². The van der Waals surface area contributed by atoms with Crippen LogP contribution in [0.3, 0.4) is 0 Å². The Labute approximate surface area is 102 Å². The molecule has 0 aromatic carbocycles. The van der Waals surface area contributed by atoms with Crippen molar-refractivity contribution in [2.24, 2.45) is 5.92 Å². The first-order valence-electron chi connectivity index (χ1n) is 5.90. The molecule has 2 N–H and O–H groups in total. The molecule has 0 amide bonds. The van der Waals surface area contributed by atoms with Gasteiger partial charge in [0.05, 0.1) is 0 Å². The maximum Gasteiger partial charge on any atom is 0.183 e. The van der Waals surface area contributed by atoms with E-state index in [0.29, 0.717) is 6.04 Å². The molecule has 1 aromatic rings. The lowest BCUT2D eigenvalue weighted by atomic mass is 10.0. The smallest absolute Gasteiger partial charge is 0.183 e. The summed E-state index contributed by atoms with van der Waals surface area (Å²) in [6.07, 6.45) is 4.09. The molecule has 1 atom stereocenters. The zero-order valence-corrected chi connectivity index (χ0v) is 11.2. The van der Waals surface area contributed by atoms with Gasteiger partial charge in [-0.15, -0.1) is 0 Å². The van der Waals surface area contributed by atoms with Gasteiger partial charge in [-0.1, -0.05) is 25.6 Å². The second kappa shape index (κ2) is 7.68. The van der Waals surface area contributed by atoms with Gasteiger partial charge in [-0.05, 0) is 25.7 Å². The first-order valence-corrected chi connectivity index (χ1v) is 6.88. The van der Waals surface area contributed by atoms with Gasteiger partial charge in [0.2, 0.25) is 0 Å². The molecule has 0 spiro atoms. The molecule has 0 aliphatic rings. The van der Waals surface area contributed by atoms with Crippen molar-refractivity contribution in [3.05, 3.63) is 6.33 Å². The van der Waals surface area contributed by atoms with Crippen LogP contribution in [0, 0.1) is 5.92 Å². The van der Waals surface area contributed by atoms with E-state index in [1.165, 1.54) is 12.8 Å². The maximum absolute atomic E-state index is 4.06. The lowest BCUT2D eigenvalue weighted by molar-refractivity contribution is 0.460. The predicted molar refractivity (Wildman–Crippen MR) is 68.6 cm³/mol. The summed E-state index contributed by atoms with van der Waals surface area (Å²) in [4.78, 5) is 4.06. The normalized spacial score (nSPS) is 13.2. The molecule has 0 radical (unpaired) electrons. The van der Waals surface area contributed by atoms with Gasteiger partial charge in [-0.3, -0.25) is 5.10 Å². The molecule has 4 nitrogen and oxygen atoms in total. The standard InChI is InChI=1S/C11H22N4S/c1-9(2)4-5-10(3)12-6-7-16-11-13-8-14-15-11/h8-10,12H,4-7H2,1-3H3,(H,13,14,15). The van der Waals surface area contributed by atoms with Crippen LogP contribution in [0.15, 0.2) is 11.5 Å². The lowest BCUT2D eigenvalue weighted by Gasteiger charge is -2.14.